The van der Waals surface area contributed by atoms with Crippen LogP contribution in [0.1, 0.15) is 0 Å². The molecule has 0 saturated heterocycles. The van der Waals surface area contributed by atoms with Crippen molar-refractivity contribution in [2.45, 2.75) is 0 Å². The average molecular weight is 262 g/mol. The van der Waals surface area contributed by atoms with Gasteiger partial charge in [-0.3, -0.25) is 0 Å². The Bertz CT molecular complexity index is 6.04. The Morgan fingerprint density at radius 3 is 0.286 bits per heavy atom. The van der Waals surface area contributed by atoms with E-state index in [1.165, 1.54) is 0 Å². The summed E-state index contributed by atoms with van der Waals surface area (Å²) < 4.78 is 0. The van der Waals surface area contributed by atoms with Gasteiger partial charge in [0.1, 0.15) is 0 Å². The van der Waals surface area contributed by atoms with Crippen molar-refractivity contribution in [2.75, 3.05) is 0 Å². The van der Waals surface area contributed by atoms with Crippen molar-refractivity contribution >= 4 is 67.5 Å². The molecule has 0 aliphatic carbocycles. The SMILES string of the molecule is [S-2].[S-2].[S-2].[S-2].[S-2].[V].[V]. The molecule has 0 amide bonds. The van der Waals surface area contributed by atoms with E-state index in [1.54, 1.807) is 0 Å². The van der Waals surface area contributed by atoms with Crippen molar-refractivity contribution in [3.63, 3.8) is 0 Å². The van der Waals surface area contributed by atoms with E-state index in [4.69, 9.17) is 0 Å². The van der Waals surface area contributed by atoms with E-state index in [2.05, 4.69) is 0 Å². The van der Waals surface area contributed by atoms with Gasteiger partial charge in [0.05, 0.1) is 0 Å². The van der Waals surface area contributed by atoms with Crippen LogP contribution in [0, 0.1) is 0 Å². The molecule has 0 fully saturated rings. The maximum Gasteiger partial charge on any atom is 0 e. The molecule has 0 unspecified atom stereocenters. The molecule has 0 atom stereocenters. The summed E-state index contributed by atoms with van der Waals surface area (Å²) in [6.07, 6.45) is 0. The van der Waals surface area contributed by atoms with E-state index in [1.807, 2.05) is 0 Å². The fraction of sp³-hybridized carbons (Fsp3) is 0. The van der Waals surface area contributed by atoms with Gasteiger partial charge in [-0.2, -0.15) is 0 Å². The van der Waals surface area contributed by atoms with Gasteiger partial charge in [-0.25, -0.2) is 0 Å². The molecule has 7 heteroatoms. The molecule has 0 aromatic rings. The Hall–Kier alpha value is 2.92. The van der Waals surface area contributed by atoms with Gasteiger partial charge in [0.2, 0.25) is 0 Å². The summed E-state index contributed by atoms with van der Waals surface area (Å²) in [6.45, 7) is 0. The van der Waals surface area contributed by atoms with E-state index in [-0.39, 0.29) is 105 Å². The zero-order chi connectivity index (χ0) is 0. The summed E-state index contributed by atoms with van der Waals surface area (Å²) in [5.41, 5.74) is 0. The smallest absolute Gasteiger partial charge is 0 e. The summed E-state index contributed by atoms with van der Waals surface area (Å²) >= 11 is 0. The molecule has 0 aromatic heterocycles. The molecule has 0 aromatic carbocycles. The van der Waals surface area contributed by atoms with Crippen LogP contribution in [-0.4, -0.2) is 0 Å². The minimum Gasteiger partial charge on any atom is -2.00 e. The first-order chi connectivity index (χ1) is 0. The second kappa shape index (κ2) is 65.6. The molecule has 2 radical (unpaired) electrons. The summed E-state index contributed by atoms with van der Waals surface area (Å²) in [6, 6.07) is 0. The van der Waals surface area contributed by atoms with Gasteiger partial charge in [0, 0.05) is 37.1 Å². The Morgan fingerprint density at radius 1 is 0.286 bits per heavy atom. The predicted molar refractivity (Wildman–Crippen MR) is 36.8 cm³/mol. The van der Waals surface area contributed by atoms with E-state index in [9.17, 15) is 0 Å². The van der Waals surface area contributed by atoms with Crippen molar-refractivity contribution in [1.29, 1.82) is 0 Å². The Balaban J connectivity index is 0. The molecular formula is S5V2-10. The largest absolute Gasteiger partial charge is 2.00 e. The van der Waals surface area contributed by atoms with Gasteiger partial charge in [0.25, 0.3) is 0 Å². The maximum atomic E-state index is 0. The fourth-order valence-electron chi connectivity index (χ4n) is 0. The quantitative estimate of drug-likeness (QED) is 0.576. The number of hydrogen-bond acceptors (Lipinski definition) is 0. The summed E-state index contributed by atoms with van der Waals surface area (Å²) in [5.74, 6) is 0. The van der Waals surface area contributed by atoms with Crippen molar-refractivity contribution in [3.05, 3.63) is 0 Å². The molecule has 0 bridgehead atoms. The number of hydrogen-bond donors (Lipinski definition) is 0. The van der Waals surface area contributed by atoms with Crippen molar-refractivity contribution in [1.82, 2.24) is 0 Å². The third-order valence-corrected chi connectivity index (χ3v) is 0. The Morgan fingerprint density at radius 2 is 0.286 bits per heavy atom. The van der Waals surface area contributed by atoms with Gasteiger partial charge in [-0.15, -0.1) is 0 Å². The fourth-order valence-corrected chi connectivity index (χ4v) is 0. The second-order valence-corrected chi connectivity index (χ2v) is 0. The van der Waals surface area contributed by atoms with Gasteiger partial charge >= 0.3 is 0 Å². The zero-order valence-electron chi connectivity index (χ0n) is 2.94. The molecule has 0 aliphatic heterocycles. The second-order valence-electron chi connectivity index (χ2n) is 0. The zero-order valence-corrected chi connectivity index (χ0v) is 9.81. The molecule has 0 spiro atoms. The van der Waals surface area contributed by atoms with Crippen LogP contribution in [0.5, 0.6) is 0 Å². The third kappa shape index (κ3) is 50.1. The predicted octanol–water partition coefficient (Wildman–Crippen LogP) is -0.0170. The molecule has 0 aliphatic rings. The Labute approximate surface area is 103 Å². The number of rotatable bonds is 0. The molecule has 50 valence electrons. The van der Waals surface area contributed by atoms with Crippen molar-refractivity contribution in [3.8, 4) is 0 Å². The van der Waals surface area contributed by atoms with Gasteiger partial charge in [-0.1, -0.05) is 0 Å². The molecule has 0 rings (SSSR count). The van der Waals surface area contributed by atoms with Gasteiger partial charge in [-0.05, 0) is 0 Å². The van der Waals surface area contributed by atoms with Crippen LogP contribution in [0.4, 0.5) is 0 Å². The molecule has 0 nitrogen and oxygen atoms in total. The van der Waals surface area contributed by atoms with E-state index in [0.29, 0.717) is 0 Å². The van der Waals surface area contributed by atoms with Crippen LogP contribution in [-0.2, 0) is 105 Å². The summed E-state index contributed by atoms with van der Waals surface area (Å²) in [7, 11) is 0. The van der Waals surface area contributed by atoms with Gasteiger partial charge in [0.15, 0.2) is 0 Å². The molecule has 0 saturated carbocycles. The van der Waals surface area contributed by atoms with E-state index >= 15 is 0 Å². The topological polar surface area (TPSA) is 0 Å². The normalized spacial score (nSPS) is 0. The van der Waals surface area contributed by atoms with E-state index in [0.717, 1.165) is 0 Å². The molecule has 0 heterocycles. The molecular weight excluding hydrogens is 262 g/mol. The van der Waals surface area contributed by atoms with Crippen LogP contribution >= 0.6 is 0 Å². The van der Waals surface area contributed by atoms with Crippen LogP contribution in [0.2, 0.25) is 0 Å². The minimum absolute atomic E-state index is 0. The van der Waals surface area contributed by atoms with Crippen LogP contribution in [0.3, 0.4) is 0 Å². The van der Waals surface area contributed by atoms with Crippen LogP contribution < -0.4 is 0 Å². The first kappa shape index (κ1) is 92.6. The standard InChI is InChI=1S/5S.2V/q5*-2;;. The van der Waals surface area contributed by atoms with Crippen molar-refractivity contribution < 1.29 is 37.1 Å². The molecule has 7 heavy (non-hydrogen) atoms. The third-order valence-electron chi connectivity index (χ3n) is 0. The van der Waals surface area contributed by atoms with Crippen LogP contribution in [0.25, 0.3) is 0 Å². The van der Waals surface area contributed by atoms with Gasteiger partial charge < -0.3 is 67.5 Å². The maximum absolute atomic E-state index is 0. The minimum atomic E-state index is 0. The Kier molecular flexibility index (Phi) is 869. The van der Waals surface area contributed by atoms with Crippen LogP contribution in [0.15, 0.2) is 0 Å². The first-order valence-corrected chi connectivity index (χ1v) is 0. The first-order valence-electron chi connectivity index (χ1n) is 0. The summed E-state index contributed by atoms with van der Waals surface area (Å²) in [5, 5.41) is 0. The average Bonchev–Trinajstić information content (AvgIpc) is 0. The van der Waals surface area contributed by atoms with E-state index < -0.39 is 0 Å². The molecule has 0 N–H and O–H groups in total. The van der Waals surface area contributed by atoms with Crippen molar-refractivity contribution in [2.24, 2.45) is 0 Å². The monoisotopic (exact) mass is 262 g/mol. The summed E-state index contributed by atoms with van der Waals surface area (Å²) in [4.78, 5) is 0.